The summed E-state index contributed by atoms with van der Waals surface area (Å²) in [6.45, 7) is 4.90. The predicted octanol–water partition coefficient (Wildman–Crippen LogP) is 4.13. The molecule has 2 aromatic carbocycles. The van der Waals surface area contributed by atoms with Crippen molar-refractivity contribution < 1.29 is 28.5 Å². The van der Waals surface area contributed by atoms with Gasteiger partial charge < -0.3 is 18.9 Å². The Morgan fingerprint density at radius 1 is 0.889 bits per heavy atom. The van der Waals surface area contributed by atoms with E-state index in [9.17, 15) is 9.59 Å². The summed E-state index contributed by atoms with van der Waals surface area (Å²) in [5.41, 5.74) is 0.683. The summed E-state index contributed by atoms with van der Waals surface area (Å²) in [6.07, 6.45) is 0.963. The smallest absolute Gasteiger partial charge is 0.343 e. The molecular weight excluding hydrogens is 348 g/mol. The minimum Gasteiger partial charge on any atom is -0.494 e. The zero-order valence-electron chi connectivity index (χ0n) is 16.0. The van der Waals surface area contributed by atoms with Crippen LogP contribution in [0.25, 0.3) is 0 Å². The van der Waals surface area contributed by atoms with Gasteiger partial charge in [-0.15, -0.1) is 0 Å². The number of esters is 2. The molecule has 0 heterocycles. The van der Waals surface area contributed by atoms with Crippen molar-refractivity contribution in [2.75, 3.05) is 20.8 Å². The van der Waals surface area contributed by atoms with Crippen LogP contribution in [0, 0.1) is 5.92 Å². The van der Waals surface area contributed by atoms with Crippen LogP contribution in [-0.4, -0.2) is 32.8 Å². The fraction of sp³-hybridized carbons (Fsp3) is 0.333. The Morgan fingerprint density at radius 3 is 2.15 bits per heavy atom. The molecule has 0 fully saturated rings. The van der Waals surface area contributed by atoms with Gasteiger partial charge in [0.2, 0.25) is 0 Å². The van der Waals surface area contributed by atoms with Crippen LogP contribution in [0.5, 0.6) is 17.2 Å². The summed E-state index contributed by atoms with van der Waals surface area (Å²) in [5, 5.41) is 0. The van der Waals surface area contributed by atoms with E-state index in [1.54, 1.807) is 24.3 Å². The largest absolute Gasteiger partial charge is 0.494 e. The average molecular weight is 372 g/mol. The van der Waals surface area contributed by atoms with Crippen LogP contribution in [0.15, 0.2) is 42.5 Å². The van der Waals surface area contributed by atoms with Crippen molar-refractivity contribution in [3.05, 3.63) is 53.6 Å². The molecule has 0 aliphatic heterocycles. The average Bonchev–Trinajstić information content (AvgIpc) is 2.67. The minimum atomic E-state index is -0.534. The molecule has 27 heavy (non-hydrogen) atoms. The van der Waals surface area contributed by atoms with Gasteiger partial charge in [-0.2, -0.15) is 0 Å². The van der Waals surface area contributed by atoms with E-state index in [4.69, 9.17) is 14.2 Å². The number of hydrogen-bond acceptors (Lipinski definition) is 6. The Hall–Kier alpha value is -3.02. The summed E-state index contributed by atoms with van der Waals surface area (Å²) in [6, 6.07) is 11.2. The summed E-state index contributed by atoms with van der Waals surface area (Å²) < 4.78 is 20.9. The van der Waals surface area contributed by atoms with Crippen LogP contribution < -0.4 is 14.2 Å². The van der Waals surface area contributed by atoms with Crippen molar-refractivity contribution in [1.82, 2.24) is 0 Å². The van der Waals surface area contributed by atoms with Gasteiger partial charge >= 0.3 is 11.9 Å². The molecular formula is C21H24O6. The van der Waals surface area contributed by atoms with Crippen LogP contribution in [0.2, 0.25) is 0 Å². The molecule has 0 amide bonds. The number of carbonyl (C=O) groups is 2. The third-order valence-corrected chi connectivity index (χ3v) is 3.84. The third-order valence-electron chi connectivity index (χ3n) is 3.84. The Labute approximate surface area is 159 Å². The van der Waals surface area contributed by atoms with E-state index in [1.807, 2.05) is 0 Å². The number of ether oxygens (including phenoxy) is 4. The lowest BCUT2D eigenvalue weighted by atomic mass is 10.1. The topological polar surface area (TPSA) is 71.1 Å². The first-order valence-corrected chi connectivity index (χ1v) is 8.66. The van der Waals surface area contributed by atoms with Gasteiger partial charge in [0, 0.05) is 0 Å². The van der Waals surface area contributed by atoms with E-state index in [0.717, 1.165) is 6.42 Å². The van der Waals surface area contributed by atoms with Gasteiger partial charge in [0.1, 0.15) is 5.75 Å². The van der Waals surface area contributed by atoms with Gasteiger partial charge in [-0.25, -0.2) is 9.59 Å². The first-order chi connectivity index (χ1) is 12.9. The zero-order valence-corrected chi connectivity index (χ0v) is 16.0. The SMILES string of the molecule is COC(=O)c1ccc(OC(=O)c2ccc(OCCC(C)C)cc2)c(OC)c1. The minimum absolute atomic E-state index is 0.215. The Morgan fingerprint density at radius 2 is 1.56 bits per heavy atom. The molecule has 0 saturated carbocycles. The maximum absolute atomic E-state index is 12.4. The van der Waals surface area contributed by atoms with Crippen LogP contribution >= 0.6 is 0 Å². The second kappa shape index (κ2) is 9.62. The van der Waals surface area contributed by atoms with E-state index in [-0.39, 0.29) is 11.5 Å². The molecule has 0 atom stereocenters. The zero-order chi connectivity index (χ0) is 19.8. The van der Waals surface area contributed by atoms with Gasteiger partial charge in [-0.05, 0) is 54.8 Å². The summed E-state index contributed by atoms with van der Waals surface area (Å²) in [5.74, 6) is 0.714. The standard InChI is InChI=1S/C21H24O6/c1-14(2)11-12-26-17-8-5-15(6-9-17)21(23)27-18-10-7-16(20(22)25-4)13-19(18)24-3/h5-10,13-14H,11-12H2,1-4H3. The van der Waals surface area contributed by atoms with Crippen LogP contribution in [0.4, 0.5) is 0 Å². The summed E-state index contributed by atoms with van der Waals surface area (Å²) >= 11 is 0. The predicted molar refractivity (Wildman–Crippen MR) is 101 cm³/mol. The number of rotatable bonds is 8. The molecule has 2 rings (SSSR count). The molecule has 0 spiro atoms. The second-order valence-electron chi connectivity index (χ2n) is 6.30. The van der Waals surface area contributed by atoms with Crippen molar-refractivity contribution >= 4 is 11.9 Å². The number of carbonyl (C=O) groups excluding carboxylic acids is 2. The lowest BCUT2D eigenvalue weighted by molar-refractivity contribution is 0.0600. The number of benzene rings is 2. The highest BCUT2D eigenvalue weighted by molar-refractivity contribution is 5.92. The van der Waals surface area contributed by atoms with Crippen molar-refractivity contribution in [1.29, 1.82) is 0 Å². The van der Waals surface area contributed by atoms with E-state index in [2.05, 4.69) is 18.6 Å². The van der Waals surface area contributed by atoms with Crippen molar-refractivity contribution in [3.8, 4) is 17.2 Å². The molecule has 0 bridgehead atoms. The molecule has 144 valence electrons. The van der Waals surface area contributed by atoms with Gasteiger partial charge in [-0.3, -0.25) is 0 Å². The molecule has 6 heteroatoms. The summed E-state index contributed by atoms with van der Waals surface area (Å²) in [7, 11) is 2.72. The molecule has 0 aliphatic carbocycles. The van der Waals surface area contributed by atoms with Crippen LogP contribution in [0.3, 0.4) is 0 Å². The second-order valence-corrected chi connectivity index (χ2v) is 6.30. The van der Waals surface area contributed by atoms with Gasteiger partial charge in [-0.1, -0.05) is 13.8 Å². The first-order valence-electron chi connectivity index (χ1n) is 8.66. The Bertz CT molecular complexity index is 780. The number of methoxy groups -OCH3 is 2. The molecule has 0 aromatic heterocycles. The van der Waals surface area contributed by atoms with E-state index in [1.165, 1.54) is 32.4 Å². The maximum Gasteiger partial charge on any atom is 0.343 e. The van der Waals surface area contributed by atoms with Gasteiger partial charge in [0.05, 0.1) is 32.0 Å². The van der Waals surface area contributed by atoms with E-state index < -0.39 is 11.9 Å². The lowest BCUT2D eigenvalue weighted by Gasteiger charge is -2.11. The maximum atomic E-state index is 12.4. The van der Waals surface area contributed by atoms with Crippen molar-refractivity contribution in [2.45, 2.75) is 20.3 Å². The van der Waals surface area contributed by atoms with E-state index in [0.29, 0.717) is 29.4 Å². The highest BCUT2D eigenvalue weighted by Gasteiger charge is 2.15. The third kappa shape index (κ3) is 5.74. The van der Waals surface area contributed by atoms with Crippen LogP contribution in [-0.2, 0) is 4.74 Å². The monoisotopic (exact) mass is 372 g/mol. The highest BCUT2D eigenvalue weighted by Crippen LogP contribution is 2.29. The lowest BCUT2D eigenvalue weighted by Crippen LogP contribution is -2.10. The Balaban J connectivity index is 2.05. The molecule has 2 aromatic rings. The van der Waals surface area contributed by atoms with Crippen molar-refractivity contribution in [2.24, 2.45) is 5.92 Å². The van der Waals surface area contributed by atoms with Crippen molar-refractivity contribution in [3.63, 3.8) is 0 Å². The normalized spacial score (nSPS) is 10.4. The highest BCUT2D eigenvalue weighted by atomic mass is 16.6. The van der Waals surface area contributed by atoms with Gasteiger partial charge in [0.25, 0.3) is 0 Å². The molecule has 0 saturated heterocycles. The first kappa shape index (κ1) is 20.3. The molecule has 0 aliphatic rings. The quantitative estimate of drug-likeness (QED) is 0.513. The van der Waals surface area contributed by atoms with Gasteiger partial charge in [0.15, 0.2) is 11.5 Å². The summed E-state index contributed by atoms with van der Waals surface area (Å²) in [4.78, 5) is 23.9. The molecule has 0 N–H and O–H groups in total. The Kier molecular flexibility index (Phi) is 7.23. The fourth-order valence-corrected chi connectivity index (χ4v) is 2.26. The van der Waals surface area contributed by atoms with E-state index >= 15 is 0 Å². The van der Waals surface area contributed by atoms with Crippen LogP contribution in [0.1, 0.15) is 41.0 Å². The molecule has 0 unspecified atom stereocenters. The number of hydrogen-bond donors (Lipinski definition) is 0. The molecule has 6 nitrogen and oxygen atoms in total. The fourth-order valence-electron chi connectivity index (χ4n) is 2.26. The molecule has 0 radical (unpaired) electrons.